The Bertz CT molecular complexity index is 1190. The average Bonchev–Trinajstić information content (AvgIpc) is 2.72. The van der Waals surface area contributed by atoms with Gasteiger partial charge in [-0.2, -0.15) is 0 Å². The molecule has 1 fully saturated rings. The highest BCUT2D eigenvalue weighted by molar-refractivity contribution is 7.71. The van der Waals surface area contributed by atoms with Crippen LogP contribution in [0.4, 0.5) is 11.5 Å². The molecular formula is C23H26N4O3S. The van der Waals surface area contributed by atoms with Crippen LogP contribution in [0.25, 0.3) is 0 Å². The summed E-state index contributed by atoms with van der Waals surface area (Å²) in [6, 6.07) is 8.20. The Kier molecular flexibility index (Phi) is 4.86. The molecule has 0 bridgehead atoms. The number of hydrogen-bond donors (Lipinski definition) is 3. The van der Waals surface area contributed by atoms with E-state index in [4.69, 9.17) is 17.0 Å². The Morgan fingerprint density at radius 1 is 1.06 bits per heavy atom. The van der Waals surface area contributed by atoms with E-state index in [9.17, 15) is 9.59 Å². The van der Waals surface area contributed by atoms with Crippen LogP contribution in [0.15, 0.2) is 40.3 Å². The number of H-pyrrole nitrogens is 2. The molecule has 0 amide bonds. The Morgan fingerprint density at radius 3 is 2.48 bits per heavy atom. The maximum absolute atomic E-state index is 13.3. The fourth-order valence-electron chi connectivity index (χ4n) is 4.98. The van der Waals surface area contributed by atoms with E-state index in [2.05, 4.69) is 46.2 Å². The number of aromatic nitrogens is 2. The van der Waals surface area contributed by atoms with E-state index in [1.807, 2.05) is 12.1 Å². The normalized spacial score (nSPS) is 22.6. The molecule has 1 aliphatic carbocycles. The minimum Gasteiger partial charge on any atom is -0.378 e. The molecule has 5 rings (SSSR count). The van der Waals surface area contributed by atoms with Crippen molar-refractivity contribution >= 4 is 29.5 Å². The summed E-state index contributed by atoms with van der Waals surface area (Å²) in [6.07, 6.45) is 1.20. The van der Waals surface area contributed by atoms with E-state index in [1.54, 1.807) is 0 Å². The number of nitrogens with zero attached hydrogens (tertiary/aromatic N) is 1. The first-order valence-electron chi connectivity index (χ1n) is 10.6. The number of fused-ring (bicyclic) bond motifs is 1. The van der Waals surface area contributed by atoms with Crippen LogP contribution in [0.1, 0.15) is 43.7 Å². The quantitative estimate of drug-likeness (QED) is 0.622. The van der Waals surface area contributed by atoms with Crippen LogP contribution < -0.4 is 15.8 Å². The first kappa shape index (κ1) is 20.2. The number of benzene rings is 1. The molecule has 0 spiro atoms. The number of carbonyl (C=O) groups excluding carboxylic acids is 1. The highest BCUT2D eigenvalue weighted by atomic mass is 32.1. The number of allylic oxidation sites excluding steroid dienone is 2. The third-order valence-corrected chi connectivity index (χ3v) is 6.56. The van der Waals surface area contributed by atoms with Crippen LogP contribution >= 0.6 is 12.2 Å². The number of Topliss-reactive ketones (excluding diaryl/α,β-unsaturated/α-hetero) is 1. The molecule has 1 aromatic heterocycles. The lowest BCUT2D eigenvalue weighted by Crippen LogP contribution is -2.37. The third kappa shape index (κ3) is 3.64. The van der Waals surface area contributed by atoms with Crippen molar-refractivity contribution in [1.29, 1.82) is 0 Å². The largest absolute Gasteiger partial charge is 0.378 e. The molecule has 1 saturated heterocycles. The van der Waals surface area contributed by atoms with E-state index in [1.165, 1.54) is 0 Å². The zero-order chi connectivity index (χ0) is 21.8. The molecule has 3 aliphatic rings. The second-order valence-corrected chi connectivity index (χ2v) is 9.69. The lowest BCUT2D eigenvalue weighted by molar-refractivity contribution is -0.118. The molecule has 1 aromatic carbocycles. The molecule has 31 heavy (non-hydrogen) atoms. The van der Waals surface area contributed by atoms with Gasteiger partial charge >= 0.3 is 0 Å². The van der Waals surface area contributed by atoms with Crippen molar-refractivity contribution in [2.24, 2.45) is 5.41 Å². The number of nitrogens with one attached hydrogen (secondary N) is 3. The molecule has 3 N–H and O–H groups in total. The van der Waals surface area contributed by atoms with E-state index in [0.29, 0.717) is 23.4 Å². The van der Waals surface area contributed by atoms with Crippen LogP contribution in [-0.2, 0) is 9.53 Å². The van der Waals surface area contributed by atoms with Crippen molar-refractivity contribution in [3.8, 4) is 0 Å². The third-order valence-electron chi connectivity index (χ3n) is 6.36. The molecule has 1 atom stereocenters. The van der Waals surface area contributed by atoms with Gasteiger partial charge in [-0.15, -0.1) is 0 Å². The van der Waals surface area contributed by atoms with Gasteiger partial charge in [-0.1, -0.05) is 26.0 Å². The lowest BCUT2D eigenvalue weighted by Gasteiger charge is -2.38. The summed E-state index contributed by atoms with van der Waals surface area (Å²) in [5.41, 5.74) is 3.74. The average molecular weight is 439 g/mol. The number of aromatic amines is 2. The van der Waals surface area contributed by atoms with Crippen molar-refractivity contribution in [2.75, 3.05) is 36.5 Å². The topological polar surface area (TPSA) is 90.2 Å². The first-order valence-corrected chi connectivity index (χ1v) is 11.1. The van der Waals surface area contributed by atoms with Gasteiger partial charge in [0.2, 0.25) is 0 Å². The lowest BCUT2D eigenvalue weighted by atomic mass is 9.69. The van der Waals surface area contributed by atoms with Gasteiger partial charge in [0.25, 0.3) is 5.56 Å². The molecule has 0 radical (unpaired) electrons. The number of carbonyl (C=O) groups is 1. The van der Waals surface area contributed by atoms with Crippen molar-refractivity contribution < 1.29 is 9.53 Å². The minimum absolute atomic E-state index is 0.0912. The van der Waals surface area contributed by atoms with Gasteiger partial charge in [0.15, 0.2) is 10.6 Å². The zero-order valence-corrected chi connectivity index (χ0v) is 18.5. The van der Waals surface area contributed by atoms with Crippen LogP contribution in [0.5, 0.6) is 0 Å². The molecule has 2 aromatic rings. The Balaban J connectivity index is 1.63. The van der Waals surface area contributed by atoms with Crippen LogP contribution in [0.2, 0.25) is 0 Å². The van der Waals surface area contributed by atoms with Crippen LogP contribution in [0, 0.1) is 10.2 Å². The number of hydrogen-bond acceptors (Lipinski definition) is 6. The molecule has 162 valence electrons. The van der Waals surface area contributed by atoms with Gasteiger partial charge in [0, 0.05) is 42.4 Å². The molecule has 0 saturated carbocycles. The fourth-order valence-corrected chi connectivity index (χ4v) is 5.17. The number of ether oxygens (including phenoxy) is 1. The number of rotatable bonds is 2. The summed E-state index contributed by atoms with van der Waals surface area (Å²) in [5.74, 6) is 0.248. The molecule has 3 heterocycles. The van der Waals surface area contributed by atoms with Gasteiger partial charge in [-0.05, 0) is 41.7 Å². The number of anilines is 2. The van der Waals surface area contributed by atoms with Crippen molar-refractivity contribution in [1.82, 2.24) is 9.97 Å². The molecule has 7 nitrogen and oxygen atoms in total. The minimum atomic E-state index is -0.427. The summed E-state index contributed by atoms with van der Waals surface area (Å²) in [7, 11) is 0. The van der Waals surface area contributed by atoms with E-state index < -0.39 is 5.92 Å². The predicted molar refractivity (Wildman–Crippen MR) is 122 cm³/mol. The maximum atomic E-state index is 13.3. The molecule has 8 heteroatoms. The maximum Gasteiger partial charge on any atom is 0.257 e. The van der Waals surface area contributed by atoms with Crippen molar-refractivity contribution in [3.63, 3.8) is 0 Å². The second-order valence-electron chi connectivity index (χ2n) is 9.28. The Hall–Kier alpha value is -2.71. The molecule has 2 aliphatic heterocycles. The van der Waals surface area contributed by atoms with E-state index in [0.717, 1.165) is 49.7 Å². The Labute approximate surface area is 185 Å². The van der Waals surface area contributed by atoms with Crippen molar-refractivity contribution in [2.45, 2.75) is 32.6 Å². The van der Waals surface area contributed by atoms with Crippen LogP contribution in [-0.4, -0.2) is 42.1 Å². The van der Waals surface area contributed by atoms with Gasteiger partial charge in [-0.3, -0.25) is 14.6 Å². The van der Waals surface area contributed by atoms with Gasteiger partial charge < -0.3 is 19.9 Å². The van der Waals surface area contributed by atoms with E-state index in [-0.39, 0.29) is 21.5 Å². The molecule has 0 unspecified atom stereocenters. The molecular weight excluding hydrogens is 412 g/mol. The second kappa shape index (κ2) is 7.46. The highest BCUT2D eigenvalue weighted by Gasteiger charge is 2.42. The standard InChI is InChI=1S/C23H26N4O3S/c1-23(2)11-15-18(16(28)12-23)17(19-20(24-15)25-22(31)26-21(19)29)13-3-5-14(6-4-13)27-7-9-30-10-8-27/h3-6,17H,7-12H2,1-2H3,(H3,24,25,26,29,31)/t17-/m0/s1. The van der Waals surface area contributed by atoms with Gasteiger partial charge in [0.05, 0.1) is 18.8 Å². The number of morpholine rings is 1. The summed E-state index contributed by atoms with van der Waals surface area (Å²) < 4.78 is 5.71. The Morgan fingerprint density at radius 2 is 1.77 bits per heavy atom. The SMILES string of the molecule is CC1(C)CC(=O)C2=C(C1)Nc1[nH]c(=S)[nH]c(=O)c1[C@H]2c1ccc(N2CCOCC2)cc1. The smallest absolute Gasteiger partial charge is 0.257 e. The monoisotopic (exact) mass is 438 g/mol. The highest BCUT2D eigenvalue weighted by Crippen LogP contribution is 2.47. The summed E-state index contributed by atoms with van der Waals surface area (Å²) in [6.45, 7) is 7.34. The predicted octanol–water partition coefficient (Wildman–Crippen LogP) is 3.47. The zero-order valence-electron chi connectivity index (χ0n) is 17.7. The first-order chi connectivity index (χ1) is 14.8. The van der Waals surface area contributed by atoms with Gasteiger partial charge in [0.1, 0.15) is 5.82 Å². The summed E-state index contributed by atoms with van der Waals surface area (Å²) >= 11 is 5.19. The fraction of sp³-hybridized carbons (Fsp3) is 0.435. The van der Waals surface area contributed by atoms with E-state index >= 15 is 0 Å². The summed E-state index contributed by atoms with van der Waals surface area (Å²) in [4.78, 5) is 34.3. The van der Waals surface area contributed by atoms with Crippen LogP contribution in [0.3, 0.4) is 0 Å². The number of ketones is 1. The van der Waals surface area contributed by atoms with Crippen molar-refractivity contribution in [3.05, 3.63) is 61.8 Å². The summed E-state index contributed by atoms with van der Waals surface area (Å²) in [5, 5.41) is 3.32. The van der Waals surface area contributed by atoms with Gasteiger partial charge in [-0.25, -0.2) is 0 Å².